The Morgan fingerprint density at radius 1 is 1.03 bits per heavy atom. The Morgan fingerprint density at radius 2 is 1.73 bits per heavy atom. The molecule has 7 heteroatoms. The van der Waals surface area contributed by atoms with Crippen LogP contribution in [0.2, 0.25) is 0 Å². The molecule has 1 aliphatic heterocycles. The molecule has 0 saturated carbocycles. The van der Waals surface area contributed by atoms with Crippen LogP contribution in [0.15, 0.2) is 53.4 Å². The fourth-order valence-electron chi connectivity index (χ4n) is 4.04. The Labute approximate surface area is 178 Å². The molecule has 0 fully saturated rings. The van der Waals surface area contributed by atoms with Gasteiger partial charge in [-0.15, -0.1) is 0 Å². The summed E-state index contributed by atoms with van der Waals surface area (Å²) in [5.41, 5.74) is 5.85. The quantitative estimate of drug-likeness (QED) is 0.606. The van der Waals surface area contributed by atoms with Crippen molar-refractivity contribution in [2.75, 3.05) is 6.54 Å². The fourth-order valence-corrected chi connectivity index (χ4v) is 5.64. The van der Waals surface area contributed by atoms with E-state index in [0.29, 0.717) is 37.6 Å². The molecule has 1 aliphatic rings. The molecule has 0 N–H and O–H groups in total. The number of rotatable bonds is 6. The Balaban J connectivity index is 1.54. The molecule has 30 heavy (non-hydrogen) atoms. The third-order valence-corrected chi connectivity index (χ3v) is 7.30. The van der Waals surface area contributed by atoms with Crippen molar-refractivity contribution < 1.29 is 13.2 Å². The maximum absolute atomic E-state index is 13.3. The highest BCUT2D eigenvalue weighted by molar-refractivity contribution is 7.89. The number of nitrogens with zero attached hydrogens (tertiary/aromatic N) is 3. The predicted octanol–water partition coefficient (Wildman–Crippen LogP) is 3.50. The predicted molar refractivity (Wildman–Crippen MR) is 115 cm³/mol. The highest BCUT2D eigenvalue weighted by Gasteiger charge is 2.32. The molecule has 0 radical (unpaired) electrons. The number of aryl methyl sites for hydroxylation is 3. The lowest BCUT2D eigenvalue weighted by Crippen LogP contribution is -2.36. The van der Waals surface area contributed by atoms with Gasteiger partial charge < -0.3 is 4.74 Å². The molecular formula is C23H27N3O3S. The van der Waals surface area contributed by atoms with Crippen molar-refractivity contribution in [1.82, 2.24) is 14.1 Å². The van der Waals surface area contributed by atoms with Crippen molar-refractivity contribution in [3.05, 3.63) is 82.2 Å². The molecule has 158 valence electrons. The van der Waals surface area contributed by atoms with Gasteiger partial charge in [-0.3, -0.25) is 4.68 Å². The standard InChI is InChI=1S/C23H27N3O3S/c1-17-11-18(2)13-20(12-17)30(27,28)26-10-9-23-21(14-26)22(24-25(23)3)16-29-15-19-7-5-4-6-8-19/h4-8,11-13H,9-10,14-16H2,1-3H3. The van der Waals surface area contributed by atoms with E-state index in [1.54, 1.807) is 16.4 Å². The van der Waals surface area contributed by atoms with Gasteiger partial charge in [0, 0.05) is 37.8 Å². The van der Waals surface area contributed by atoms with Gasteiger partial charge in [-0.05, 0) is 42.7 Å². The zero-order valence-electron chi connectivity index (χ0n) is 17.6. The first kappa shape index (κ1) is 20.8. The molecule has 0 atom stereocenters. The molecule has 2 heterocycles. The average molecular weight is 426 g/mol. The fraction of sp³-hybridized carbons (Fsp3) is 0.348. The molecule has 0 spiro atoms. The number of hydrogen-bond donors (Lipinski definition) is 0. The minimum atomic E-state index is -3.57. The van der Waals surface area contributed by atoms with Crippen LogP contribution in [-0.4, -0.2) is 29.0 Å². The summed E-state index contributed by atoms with van der Waals surface area (Å²) >= 11 is 0. The van der Waals surface area contributed by atoms with Crippen LogP contribution in [-0.2, 0) is 48.0 Å². The van der Waals surface area contributed by atoms with E-state index in [-0.39, 0.29) is 0 Å². The van der Waals surface area contributed by atoms with E-state index in [1.165, 1.54) is 0 Å². The summed E-state index contributed by atoms with van der Waals surface area (Å²) in [6.45, 7) is 5.47. The summed E-state index contributed by atoms with van der Waals surface area (Å²) in [6.07, 6.45) is 0.640. The maximum Gasteiger partial charge on any atom is 0.243 e. The monoisotopic (exact) mass is 425 g/mol. The van der Waals surface area contributed by atoms with Crippen molar-refractivity contribution in [3.8, 4) is 0 Å². The Morgan fingerprint density at radius 3 is 2.43 bits per heavy atom. The largest absolute Gasteiger partial charge is 0.370 e. The number of ether oxygens (including phenoxy) is 1. The van der Waals surface area contributed by atoms with Crippen molar-refractivity contribution in [2.45, 2.75) is 44.9 Å². The highest BCUT2D eigenvalue weighted by atomic mass is 32.2. The SMILES string of the molecule is Cc1cc(C)cc(S(=O)(=O)N2CCc3c(c(COCc4ccccc4)nn3C)C2)c1. The van der Waals surface area contributed by atoms with Crippen LogP contribution in [0, 0.1) is 13.8 Å². The van der Waals surface area contributed by atoms with Crippen LogP contribution in [0.3, 0.4) is 0 Å². The van der Waals surface area contributed by atoms with Crippen molar-refractivity contribution in [1.29, 1.82) is 0 Å². The summed E-state index contributed by atoms with van der Waals surface area (Å²) in [5.74, 6) is 0. The number of benzene rings is 2. The van der Waals surface area contributed by atoms with E-state index >= 15 is 0 Å². The lowest BCUT2D eigenvalue weighted by molar-refractivity contribution is 0.103. The normalized spacial score (nSPS) is 14.6. The molecule has 1 aromatic heterocycles. The van der Waals surface area contributed by atoms with E-state index in [9.17, 15) is 8.42 Å². The Bertz CT molecular complexity index is 1130. The third kappa shape index (κ3) is 4.19. The van der Waals surface area contributed by atoms with Crippen LogP contribution in [0.1, 0.15) is 33.6 Å². The summed E-state index contributed by atoms with van der Waals surface area (Å²) in [5, 5.41) is 4.61. The minimum absolute atomic E-state index is 0.322. The second-order valence-corrected chi connectivity index (χ2v) is 9.82. The van der Waals surface area contributed by atoms with Gasteiger partial charge in [0.15, 0.2) is 0 Å². The van der Waals surface area contributed by atoms with Gasteiger partial charge in [0.25, 0.3) is 0 Å². The second-order valence-electron chi connectivity index (χ2n) is 7.89. The second kappa shape index (κ2) is 8.34. The van der Waals surface area contributed by atoms with Gasteiger partial charge in [-0.1, -0.05) is 36.4 Å². The zero-order chi connectivity index (χ0) is 21.3. The van der Waals surface area contributed by atoms with Gasteiger partial charge in [0.1, 0.15) is 0 Å². The Hall–Kier alpha value is -2.48. The molecule has 0 aliphatic carbocycles. The minimum Gasteiger partial charge on any atom is -0.370 e. The zero-order valence-corrected chi connectivity index (χ0v) is 18.4. The first-order chi connectivity index (χ1) is 14.3. The molecule has 0 saturated heterocycles. The summed E-state index contributed by atoms with van der Waals surface area (Å²) in [7, 11) is -1.65. The molecular weight excluding hydrogens is 398 g/mol. The lowest BCUT2D eigenvalue weighted by Gasteiger charge is -2.27. The lowest BCUT2D eigenvalue weighted by atomic mass is 10.1. The van der Waals surface area contributed by atoms with Crippen molar-refractivity contribution >= 4 is 10.0 Å². The van der Waals surface area contributed by atoms with E-state index in [0.717, 1.165) is 33.6 Å². The number of sulfonamides is 1. The molecule has 4 rings (SSSR count). The van der Waals surface area contributed by atoms with Crippen LogP contribution < -0.4 is 0 Å². The summed E-state index contributed by atoms with van der Waals surface area (Å²) in [4.78, 5) is 0.356. The summed E-state index contributed by atoms with van der Waals surface area (Å²) in [6, 6.07) is 15.4. The average Bonchev–Trinajstić information content (AvgIpc) is 3.03. The highest BCUT2D eigenvalue weighted by Crippen LogP contribution is 2.28. The molecule has 6 nitrogen and oxygen atoms in total. The first-order valence-corrected chi connectivity index (χ1v) is 11.5. The molecule has 0 bridgehead atoms. The van der Waals surface area contributed by atoms with Crippen LogP contribution in [0.25, 0.3) is 0 Å². The Kier molecular flexibility index (Phi) is 5.77. The van der Waals surface area contributed by atoms with Gasteiger partial charge in [0.2, 0.25) is 10.0 Å². The van der Waals surface area contributed by atoms with Gasteiger partial charge in [0.05, 0.1) is 23.8 Å². The van der Waals surface area contributed by atoms with Gasteiger partial charge in [-0.2, -0.15) is 9.40 Å². The van der Waals surface area contributed by atoms with E-state index in [4.69, 9.17) is 4.74 Å². The van der Waals surface area contributed by atoms with E-state index in [1.807, 2.05) is 62.0 Å². The van der Waals surface area contributed by atoms with Crippen LogP contribution >= 0.6 is 0 Å². The number of hydrogen-bond acceptors (Lipinski definition) is 4. The molecule has 0 amide bonds. The maximum atomic E-state index is 13.3. The van der Waals surface area contributed by atoms with E-state index in [2.05, 4.69) is 5.10 Å². The first-order valence-electron chi connectivity index (χ1n) is 10.1. The number of fused-ring (bicyclic) bond motifs is 1. The molecule has 0 unspecified atom stereocenters. The smallest absolute Gasteiger partial charge is 0.243 e. The summed E-state index contributed by atoms with van der Waals surface area (Å²) < 4.78 is 35.9. The van der Waals surface area contributed by atoms with Crippen LogP contribution in [0.4, 0.5) is 0 Å². The van der Waals surface area contributed by atoms with Crippen molar-refractivity contribution in [3.63, 3.8) is 0 Å². The van der Waals surface area contributed by atoms with Gasteiger partial charge >= 0.3 is 0 Å². The number of aromatic nitrogens is 2. The van der Waals surface area contributed by atoms with E-state index < -0.39 is 10.0 Å². The van der Waals surface area contributed by atoms with Crippen molar-refractivity contribution in [2.24, 2.45) is 7.05 Å². The topological polar surface area (TPSA) is 64.4 Å². The van der Waals surface area contributed by atoms with Crippen LogP contribution in [0.5, 0.6) is 0 Å². The van der Waals surface area contributed by atoms with Gasteiger partial charge in [-0.25, -0.2) is 8.42 Å². The molecule has 3 aromatic rings. The molecule has 2 aromatic carbocycles. The third-order valence-electron chi connectivity index (χ3n) is 5.47.